The number of β-lactam (4-membered cyclic amide) rings is 1. The van der Waals surface area contributed by atoms with Crippen molar-refractivity contribution >= 4 is 41.2 Å². The molecular formula is C16H17N5O8S. The summed E-state index contributed by atoms with van der Waals surface area (Å²) in [7, 11) is 1.45. The van der Waals surface area contributed by atoms with Crippen molar-refractivity contribution in [1.82, 2.24) is 20.0 Å². The number of rotatable bonds is 6. The second-order valence-electron chi connectivity index (χ2n) is 6.56. The summed E-state index contributed by atoms with van der Waals surface area (Å²) in [6, 6.07) is -1.07. The van der Waals surface area contributed by atoms with E-state index >= 15 is 0 Å². The van der Waals surface area contributed by atoms with Crippen molar-refractivity contribution in [2.24, 2.45) is 7.05 Å². The van der Waals surface area contributed by atoms with Gasteiger partial charge in [-0.3, -0.25) is 34.1 Å². The minimum Gasteiger partial charge on any atom is -0.477 e. The third kappa shape index (κ3) is 3.49. The number of fused-ring (bicyclic) bond motifs is 1. The normalized spacial score (nSPS) is 20.4. The highest BCUT2D eigenvalue weighted by molar-refractivity contribution is 8.00. The number of hydrogen-bond acceptors (Lipinski definition) is 9. The zero-order valence-corrected chi connectivity index (χ0v) is 16.9. The first-order valence-corrected chi connectivity index (χ1v) is 9.61. The van der Waals surface area contributed by atoms with Crippen LogP contribution in [0.2, 0.25) is 0 Å². The van der Waals surface area contributed by atoms with Crippen LogP contribution in [0.5, 0.6) is 0 Å². The number of hydrogen-bond donors (Lipinski definition) is 2. The van der Waals surface area contributed by atoms with Crippen molar-refractivity contribution in [3.05, 3.63) is 32.8 Å². The number of carboxylic acids is 1. The van der Waals surface area contributed by atoms with Crippen molar-refractivity contribution < 1.29 is 33.9 Å². The Bertz CT molecular complexity index is 1020. The molecule has 1 aromatic heterocycles. The number of carboxylic acid groups (broad SMARTS) is 1. The van der Waals surface area contributed by atoms with Crippen molar-refractivity contribution in [2.45, 2.75) is 25.3 Å². The monoisotopic (exact) mass is 439 g/mol. The molecule has 2 amide bonds. The van der Waals surface area contributed by atoms with Crippen LogP contribution in [-0.2, 0) is 26.2 Å². The van der Waals surface area contributed by atoms with Gasteiger partial charge in [0, 0.05) is 25.3 Å². The molecule has 0 spiro atoms. The van der Waals surface area contributed by atoms with Gasteiger partial charge in [0.1, 0.15) is 29.4 Å². The Kier molecular flexibility index (Phi) is 5.52. The van der Waals surface area contributed by atoms with Gasteiger partial charge in [0.05, 0.1) is 4.92 Å². The molecule has 0 unspecified atom stereocenters. The van der Waals surface area contributed by atoms with E-state index in [4.69, 9.17) is 4.74 Å². The summed E-state index contributed by atoms with van der Waals surface area (Å²) < 4.78 is 6.03. The van der Waals surface area contributed by atoms with Crippen LogP contribution in [0.1, 0.15) is 23.1 Å². The van der Waals surface area contributed by atoms with E-state index in [2.05, 4.69) is 10.4 Å². The molecule has 1 saturated heterocycles. The molecule has 3 heterocycles. The molecule has 2 aliphatic heterocycles. The third-order valence-electron chi connectivity index (χ3n) is 4.69. The van der Waals surface area contributed by atoms with Gasteiger partial charge < -0.3 is 15.2 Å². The van der Waals surface area contributed by atoms with Crippen molar-refractivity contribution in [1.29, 1.82) is 0 Å². The standard InChI is InChI=1S/C16H17N5O8S/c1-6-11(21(27)28)9(18-19(6)3)13(23)17-10-14(24)20-12(16(25)26)8(4-29-7(2)22)5-30-15(10)20/h10,15H,4-5H2,1-3H3,(H,17,23)(H,25,26)/t10-,15-/m1/s1. The number of ether oxygens (including phenoxy) is 1. The summed E-state index contributed by atoms with van der Waals surface area (Å²) in [5.41, 5.74) is -0.769. The second kappa shape index (κ2) is 7.78. The Labute approximate surface area is 173 Å². The molecule has 2 N–H and O–H groups in total. The first-order valence-electron chi connectivity index (χ1n) is 8.56. The molecule has 0 aromatic carbocycles. The molecule has 0 radical (unpaired) electrons. The number of aliphatic carboxylic acids is 1. The highest BCUT2D eigenvalue weighted by Crippen LogP contribution is 2.40. The van der Waals surface area contributed by atoms with Crippen LogP contribution in [0.3, 0.4) is 0 Å². The van der Waals surface area contributed by atoms with Gasteiger partial charge in [-0.1, -0.05) is 0 Å². The van der Waals surface area contributed by atoms with Crippen molar-refractivity contribution in [3.8, 4) is 0 Å². The van der Waals surface area contributed by atoms with Crippen LogP contribution in [0.4, 0.5) is 5.69 Å². The Balaban J connectivity index is 1.81. The summed E-state index contributed by atoms with van der Waals surface area (Å²) in [6.07, 6.45) is 0. The maximum absolute atomic E-state index is 12.6. The molecule has 3 rings (SSSR count). The quantitative estimate of drug-likeness (QED) is 0.256. The summed E-state index contributed by atoms with van der Waals surface area (Å²) in [5.74, 6) is -3.38. The van der Waals surface area contributed by atoms with Gasteiger partial charge in [-0.05, 0) is 6.92 Å². The van der Waals surface area contributed by atoms with E-state index in [1.54, 1.807) is 0 Å². The second-order valence-corrected chi connectivity index (χ2v) is 7.67. The van der Waals surface area contributed by atoms with E-state index in [0.717, 1.165) is 4.90 Å². The molecule has 160 valence electrons. The number of thioether (sulfide) groups is 1. The average Bonchev–Trinajstić information content (AvgIpc) is 2.98. The highest BCUT2D eigenvalue weighted by Gasteiger charge is 2.54. The molecular weight excluding hydrogens is 422 g/mol. The molecule has 0 saturated carbocycles. The molecule has 2 aliphatic rings. The molecule has 30 heavy (non-hydrogen) atoms. The fourth-order valence-electron chi connectivity index (χ4n) is 3.16. The smallest absolute Gasteiger partial charge is 0.352 e. The van der Waals surface area contributed by atoms with Gasteiger partial charge in [0.2, 0.25) is 5.69 Å². The van der Waals surface area contributed by atoms with E-state index < -0.39 is 51.5 Å². The lowest BCUT2D eigenvalue weighted by atomic mass is 10.0. The predicted octanol–water partition coefficient (Wildman–Crippen LogP) is -0.448. The number of aryl methyl sites for hydroxylation is 1. The number of aromatic nitrogens is 2. The number of carbonyl (C=O) groups is 4. The molecule has 1 aromatic rings. The van der Waals surface area contributed by atoms with E-state index in [9.17, 15) is 34.4 Å². The predicted molar refractivity (Wildman–Crippen MR) is 100 cm³/mol. The van der Waals surface area contributed by atoms with Crippen LogP contribution in [0.25, 0.3) is 0 Å². The number of amides is 2. The van der Waals surface area contributed by atoms with Gasteiger partial charge in [-0.25, -0.2) is 4.79 Å². The lowest BCUT2D eigenvalue weighted by Crippen LogP contribution is -2.70. The molecule has 14 heteroatoms. The van der Waals surface area contributed by atoms with E-state index in [0.29, 0.717) is 0 Å². The maximum Gasteiger partial charge on any atom is 0.352 e. The fraction of sp³-hybridized carbons (Fsp3) is 0.438. The van der Waals surface area contributed by atoms with Crippen molar-refractivity contribution in [3.63, 3.8) is 0 Å². The SMILES string of the molecule is CC(=O)OCC1=C(C(=O)O)N2C(=O)[C@@H](NC(=O)c3nn(C)c(C)c3[N+](=O)[O-])[C@H]2SC1. The number of nitrogens with zero attached hydrogens (tertiary/aromatic N) is 4. The lowest BCUT2D eigenvalue weighted by Gasteiger charge is -2.49. The van der Waals surface area contributed by atoms with E-state index in [-0.39, 0.29) is 29.3 Å². The van der Waals surface area contributed by atoms with Crippen LogP contribution in [-0.4, -0.2) is 72.2 Å². The number of nitro groups is 1. The Morgan fingerprint density at radius 2 is 2.10 bits per heavy atom. The Morgan fingerprint density at radius 1 is 1.43 bits per heavy atom. The minimum atomic E-state index is -1.36. The van der Waals surface area contributed by atoms with Gasteiger partial charge in [0.15, 0.2) is 0 Å². The molecule has 0 bridgehead atoms. The topological polar surface area (TPSA) is 174 Å². The first-order chi connectivity index (χ1) is 14.0. The van der Waals surface area contributed by atoms with E-state index in [1.165, 1.54) is 37.3 Å². The number of nitrogens with one attached hydrogen (secondary N) is 1. The average molecular weight is 439 g/mol. The largest absolute Gasteiger partial charge is 0.477 e. The number of esters is 1. The Morgan fingerprint density at radius 3 is 2.67 bits per heavy atom. The molecule has 1 fully saturated rings. The third-order valence-corrected chi connectivity index (χ3v) is 6.03. The van der Waals surface area contributed by atoms with Gasteiger partial charge >= 0.3 is 17.6 Å². The maximum atomic E-state index is 12.6. The van der Waals surface area contributed by atoms with E-state index in [1.807, 2.05) is 0 Å². The summed E-state index contributed by atoms with van der Waals surface area (Å²) in [6.45, 7) is 2.35. The zero-order chi connectivity index (χ0) is 22.3. The van der Waals surface area contributed by atoms with Crippen LogP contribution < -0.4 is 5.32 Å². The van der Waals surface area contributed by atoms with Crippen LogP contribution in [0, 0.1) is 17.0 Å². The summed E-state index contributed by atoms with van der Waals surface area (Å²) in [4.78, 5) is 59.4. The van der Waals surface area contributed by atoms with Crippen molar-refractivity contribution in [2.75, 3.05) is 12.4 Å². The minimum absolute atomic E-state index is 0.165. The lowest BCUT2D eigenvalue weighted by molar-refractivity contribution is -0.385. The highest BCUT2D eigenvalue weighted by atomic mass is 32.2. The van der Waals surface area contributed by atoms with Crippen LogP contribution in [0.15, 0.2) is 11.3 Å². The first kappa shape index (κ1) is 21.3. The van der Waals surface area contributed by atoms with Crippen LogP contribution >= 0.6 is 11.8 Å². The molecule has 0 aliphatic carbocycles. The van der Waals surface area contributed by atoms with Gasteiger partial charge in [0.25, 0.3) is 11.8 Å². The summed E-state index contributed by atoms with van der Waals surface area (Å²) in [5, 5.41) is 26.3. The Hall–Kier alpha value is -3.42. The zero-order valence-electron chi connectivity index (χ0n) is 16.1. The number of carbonyl (C=O) groups excluding carboxylic acids is 3. The van der Waals surface area contributed by atoms with Gasteiger partial charge in [-0.2, -0.15) is 5.10 Å². The molecule has 13 nitrogen and oxygen atoms in total. The summed E-state index contributed by atoms with van der Waals surface area (Å²) >= 11 is 1.18. The van der Waals surface area contributed by atoms with Gasteiger partial charge in [-0.15, -0.1) is 11.8 Å². The molecule has 2 atom stereocenters. The fourth-order valence-corrected chi connectivity index (χ4v) is 4.49.